The topological polar surface area (TPSA) is 0 Å². The summed E-state index contributed by atoms with van der Waals surface area (Å²) >= 11 is 0. The molecule has 0 saturated heterocycles. The summed E-state index contributed by atoms with van der Waals surface area (Å²) in [4.78, 5) is 0. The van der Waals surface area contributed by atoms with E-state index in [4.69, 9.17) is 0 Å². The molecule has 0 spiro atoms. The van der Waals surface area contributed by atoms with E-state index < -0.39 is 0 Å². The first-order chi connectivity index (χ1) is 13.6. The average molecular weight is 369 g/mol. The molecule has 0 bridgehead atoms. The van der Waals surface area contributed by atoms with E-state index in [2.05, 4.69) is 101 Å². The lowest BCUT2D eigenvalue weighted by molar-refractivity contribution is 0.757. The second kappa shape index (κ2) is 9.37. The van der Waals surface area contributed by atoms with Crippen LogP contribution >= 0.6 is 0 Å². The number of allylic oxidation sites excluding steroid dienone is 8. The van der Waals surface area contributed by atoms with Gasteiger partial charge in [0.1, 0.15) is 0 Å². The molecule has 0 nitrogen and oxygen atoms in total. The van der Waals surface area contributed by atoms with Gasteiger partial charge in [0.15, 0.2) is 0 Å². The number of fused-ring (bicyclic) bond motifs is 1. The van der Waals surface area contributed by atoms with Gasteiger partial charge in [-0.05, 0) is 54.2 Å². The molecule has 0 aromatic heterocycles. The number of hydrogen-bond acceptors (Lipinski definition) is 0. The lowest BCUT2D eigenvalue weighted by atomic mass is 9.66. The van der Waals surface area contributed by atoms with Gasteiger partial charge in [0.05, 0.1) is 5.41 Å². The Hall–Kier alpha value is -2.86. The zero-order valence-corrected chi connectivity index (χ0v) is 17.9. The van der Waals surface area contributed by atoms with Crippen molar-refractivity contribution in [2.45, 2.75) is 40.0 Å². The highest BCUT2D eigenvalue weighted by Gasteiger charge is 2.46. The van der Waals surface area contributed by atoms with Gasteiger partial charge in [-0.1, -0.05) is 111 Å². The molecular formula is C28H32. The van der Waals surface area contributed by atoms with Gasteiger partial charge in [-0.25, -0.2) is 0 Å². The fraction of sp³-hybridized carbons (Fsp3) is 0.214. The molecule has 0 heteroatoms. The molecule has 2 aromatic rings. The molecule has 0 fully saturated rings. The maximum atomic E-state index is 4.19. The van der Waals surface area contributed by atoms with Gasteiger partial charge in [-0.3, -0.25) is 0 Å². The maximum Gasteiger partial charge on any atom is 0.0710 e. The average Bonchev–Trinajstić information content (AvgIpc) is 3.03. The summed E-state index contributed by atoms with van der Waals surface area (Å²) in [7, 11) is 0. The first kappa shape index (κ1) is 21.4. The van der Waals surface area contributed by atoms with Crippen LogP contribution in [0.4, 0.5) is 0 Å². The van der Waals surface area contributed by atoms with Gasteiger partial charge in [-0.15, -0.1) is 0 Å². The molecule has 1 aliphatic rings. The smallest absolute Gasteiger partial charge is 0.0710 e. The summed E-state index contributed by atoms with van der Waals surface area (Å²) in [5.74, 6) is 0. The molecule has 1 unspecified atom stereocenters. The molecule has 28 heavy (non-hydrogen) atoms. The molecule has 0 aliphatic heterocycles. The quantitative estimate of drug-likeness (QED) is 0.469. The first-order valence-electron chi connectivity index (χ1n) is 10.1. The Labute approximate surface area is 171 Å². The lowest BCUT2D eigenvalue weighted by Gasteiger charge is -2.35. The fourth-order valence-electron chi connectivity index (χ4n) is 4.27. The van der Waals surface area contributed by atoms with Crippen molar-refractivity contribution in [3.8, 4) is 0 Å². The second-order valence-corrected chi connectivity index (χ2v) is 6.64. The van der Waals surface area contributed by atoms with Crippen molar-refractivity contribution in [3.63, 3.8) is 0 Å². The Balaban J connectivity index is 0.00000136. The highest BCUT2D eigenvalue weighted by Crippen LogP contribution is 2.55. The summed E-state index contributed by atoms with van der Waals surface area (Å²) in [6.07, 6.45) is 10.5. The van der Waals surface area contributed by atoms with E-state index in [0.717, 1.165) is 0 Å². The van der Waals surface area contributed by atoms with E-state index in [1.807, 2.05) is 26.0 Å². The summed E-state index contributed by atoms with van der Waals surface area (Å²) in [6, 6.07) is 17.4. The maximum absolute atomic E-state index is 4.19. The highest BCUT2D eigenvalue weighted by molar-refractivity contribution is 5.91. The van der Waals surface area contributed by atoms with Gasteiger partial charge in [-0.2, -0.15) is 0 Å². The van der Waals surface area contributed by atoms with Crippen LogP contribution in [-0.2, 0) is 5.41 Å². The van der Waals surface area contributed by atoms with Gasteiger partial charge in [0, 0.05) is 0 Å². The minimum Gasteiger partial charge on any atom is -0.0987 e. The molecule has 1 atom stereocenters. The van der Waals surface area contributed by atoms with Crippen LogP contribution in [0.1, 0.15) is 49.9 Å². The molecule has 0 radical (unpaired) electrons. The molecule has 0 amide bonds. The summed E-state index contributed by atoms with van der Waals surface area (Å²) in [5, 5.41) is 0. The monoisotopic (exact) mass is 368 g/mol. The summed E-state index contributed by atoms with van der Waals surface area (Å²) < 4.78 is 0. The van der Waals surface area contributed by atoms with E-state index >= 15 is 0 Å². The molecule has 0 N–H and O–H groups in total. The van der Waals surface area contributed by atoms with Crippen LogP contribution in [0.25, 0.3) is 5.57 Å². The van der Waals surface area contributed by atoms with Crippen molar-refractivity contribution in [1.82, 2.24) is 0 Å². The lowest BCUT2D eigenvalue weighted by Crippen LogP contribution is -2.29. The van der Waals surface area contributed by atoms with Crippen molar-refractivity contribution < 1.29 is 0 Å². The standard InChI is InChI=1S/C26H26.C2H6/c1-6-13-20(7-2)26(21-14-11-10-12-15-21)24(9-4)22(8-3)23-17-16-19(5)18-25(23)26;1-2/h6-18H,3-4H2,1-2,5H3;1-2H3/b13-6-,20-7+;. The second-order valence-electron chi connectivity index (χ2n) is 6.64. The Morgan fingerprint density at radius 2 is 1.61 bits per heavy atom. The molecule has 3 rings (SSSR count). The highest BCUT2D eigenvalue weighted by atomic mass is 14.5. The van der Waals surface area contributed by atoms with Crippen LogP contribution in [0, 0.1) is 6.92 Å². The third-order valence-corrected chi connectivity index (χ3v) is 5.27. The molecule has 0 saturated carbocycles. The predicted octanol–water partition coefficient (Wildman–Crippen LogP) is 7.97. The van der Waals surface area contributed by atoms with E-state index in [9.17, 15) is 0 Å². The van der Waals surface area contributed by atoms with Crippen LogP contribution < -0.4 is 0 Å². The van der Waals surface area contributed by atoms with Crippen molar-refractivity contribution in [2.24, 2.45) is 0 Å². The molecule has 144 valence electrons. The fourth-order valence-corrected chi connectivity index (χ4v) is 4.27. The van der Waals surface area contributed by atoms with E-state index in [1.54, 1.807) is 0 Å². The van der Waals surface area contributed by atoms with E-state index in [-0.39, 0.29) is 5.41 Å². The van der Waals surface area contributed by atoms with Crippen LogP contribution in [0.15, 0.2) is 103 Å². The normalized spacial score (nSPS) is 18.5. The van der Waals surface area contributed by atoms with Crippen LogP contribution in [0.2, 0.25) is 0 Å². The minimum absolute atomic E-state index is 0.366. The Kier molecular flexibility index (Phi) is 7.18. The Morgan fingerprint density at radius 3 is 2.14 bits per heavy atom. The first-order valence-corrected chi connectivity index (χ1v) is 10.1. The van der Waals surface area contributed by atoms with Crippen LogP contribution in [0.5, 0.6) is 0 Å². The number of rotatable bonds is 5. The Bertz CT molecular complexity index is 935. The Morgan fingerprint density at radius 1 is 0.929 bits per heavy atom. The third-order valence-electron chi connectivity index (χ3n) is 5.27. The van der Waals surface area contributed by atoms with Crippen molar-refractivity contribution >= 4 is 5.57 Å². The third kappa shape index (κ3) is 3.24. The molecule has 1 aliphatic carbocycles. The van der Waals surface area contributed by atoms with Gasteiger partial charge >= 0.3 is 0 Å². The summed E-state index contributed by atoms with van der Waals surface area (Å²) in [6.45, 7) is 18.6. The molecule has 2 aromatic carbocycles. The predicted molar refractivity (Wildman–Crippen MR) is 126 cm³/mol. The van der Waals surface area contributed by atoms with Crippen molar-refractivity contribution in [1.29, 1.82) is 0 Å². The van der Waals surface area contributed by atoms with Crippen LogP contribution in [-0.4, -0.2) is 0 Å². The van der Waals surface area contributed by atoms with Gasteiger partial charge < -0.3 is 0 Å². The largest absolute Gasteiger partial charge is 0.0987 e. The van der Waals surface area contributed by atoms with Gasteiger partial charge in [0.25, 0.3) is 0 Å². The number of hydrogen-bond donors (Lipinski definition) is 0. The van der Waals surface area contributed by atoms with E-state index in [0.29, 0.717) is 0 Å². The SMILES string of the molecule is C=CC1=C(C=C)C(C(/C=C\C)=C/C)(c2ccccc2)c2cc(C)ccc21.CC. The van der Waals surface area contributed by atoms with E-state index in [1.165, 1.54) is 39.0 Å². The summed E-state index contributed by atoms with van der Waals surface area (Å²) in [5.41, 5.74) is 8.32. The van der Waals surface area contributed by atoms with Crippen LogP contribution in [0.3, 0.4) is 0 Å². The number of benzene rings is 2. The zero-order valence-electron chi connectivity index (χ0n) is 17.9. The number of aryl methyl sites for hydroxylation is 1. The zero-order chi connectivity index (χ0) is 20.7. The van der Waals surface area contributed by atoms with Crippen molar-refractivity contribution in [2.75, 3.05) is 0 Å². The minimum atomic E-state index is -0.366. The molecule has 0 heterocycles. The molecular weight excluding hydrogens is 336 g/mol. The van der Waals surface area contributed by atoms with Crippen molar-refractivity contribution in [3.05, 3.63) is 125 Å². The van der Waals surface area contributed by atoms with Gasteiger partial charge in [0.2, 0.25) is 0 Å².